The van der Waals surface area contributed by atoms with Crippen molar-refractivity contribution in [2.45, 2.75) is 31.6 Å². The van der Waals surface area contributed by atoms with Gasteiger partial charge in [-0.05, 0) is 51.2 Å². The maximum atomic E-state index is 13.9. The van der Waals surface area contributed by atoms with Crippen LogP contribution in [0.4, 0.5) is 15.9 Å². The van der Waals surface area contributed by atoms with E-state index in [1.54, 1.807) is 10.7 Å². The molecule has 1 aliphatic heterocycles. The second kappa shape index (κ2) is 8.37. The van der Waals surface area contributed by atoms with Crippen molar-refractivity contribution in [3.8, 4) is 0 Å². The summed E-state index contributed by atoms with van der Waals surface area (Å²) in [5.74, 6) is -1.10. The van der Waals surface area contributed by atoms with Crippen LogP contribution in [0, 0.1) is 5.82 Å². The molecule has 0 radical (unpaired) electrons. The Morgan fingerprint density at radius 3 is 2.90 bits per heavy atom. The maximum absolute atomic E-state index is 13.9. The number of halogens is 1. The van der Waals surface area contributed by atoms with Crippen LogP contribution in [0.1, 0.15) is 23.2 Å². The molecule has 0 bridgehead atoms. The Labute approximate surface area is 173 Å². The first-order valence-corrected chi connectivity index (χ1v) is 9.81. The van der Waals surface area contributed by atoms with E-state index in [4.69, 9.17) is 4.74 Å². The minimum Gasteiger partial charge on any atom is -0.478 e. The topological polar surface area (TPSA) is 92.5 Å². The molecule has 1 fully saturated rings. The van der Waals surface area contributed by atoms with Gasteiger partial charge >= 0.3 is 5.97 Å². The SMILES string of the molecule is CN(C)CC1CCC(Cn2nc(Nc3cnccc3C(=O)O)c3cc(F)ccc32)O1. The Kier molecular flexibility index (Phi) is 5.65. The van der Waals surface area contributed by atoms with Gasteiger partial charge in [-0.25, -0.2) is 9.18 Å². The third-order valence-corrected chi connectivity index (χ3v) is 5.16. The highest BCUT2D eigenvalue weighted by Crippen LogP contribution is 2.30. The number of pyridine rings is 1. The summed E-state index contributed by atoms with van der Waals surface area (Å²) in [4.78, 5) is 17.6. The molecule has 0 spiro atoms. The van der Waals surface area contributed by atoms with Crippen LogP contribution in [0.3, 0.4) is 0 Å². The zero-order valence-electron chi connectivity index (χ0n) is 16.9. The Bertz CT molecular complexity index is 1070. The summed E-state index contributed by atoms with van der Waals surface area (Å²) in [5, 5.41) is 17.6. The Morgan fingerprint density at radius 1 is 1.33 bits per heavy atom. The van der Waals surface area contributed by atoms with Crippen molar-refractivity contribution in [1.82, 2.24) is 19.7 Å². The largest absolute Gasteiger partial charge is 0.478 e. The third-order valence-electron chi connectivity index (χ3n) is 5.16. The lowest BCUT2D eigenvalue weighted by molar-refractivity contribution is 0.0220. The molecule has 2 atom stereocenters. The van der Waals surface area contributed by atoms with Gasteiger partial charge in [0.15, 0.2) is 5.82 Å². The molecule has 0 saturated carbocycles. The summed E-state index contributed by atoms with van der Waals surface area (Å²) >= 11 is 0. The Balaban J connectivity index is 1.62. The summed E-state index contributed by atoms with van der Waals surface area (Å²) in [6.45, 7) is 1.40. The van der Waals surface area contributed by atoms with Crippen LogP contribution >= 0.6 is 0 Å². The summed E-state index contributed by atoms with van der Waals surface area (Å²) in [6.07, 6.45) is 4.94. The van der Waals surface area contributed by atoms with E-state index < -0.39 is 11.8 Å². The second-order valence-electron chi connectivity index (χ2n) is 7.76. The van der Waals surface area contributed by atoms with E-state index in [0.717, 1.165) is 24.9 Å². The predicted octanol–water partition coefficient (Wildman–Crippen LogP) is 3.12. The number of fused-ring (bicyclic) bond motifs is 1. The Hall–Kier alpha value is -3.04. The molecule has 1 aromatic carbocycles. The van der Waals surface area contributed by atoms with Gasteiger partial charge in [0.2, 0.25) is 0 Å². The highest BCUT2D eigenvalue weighted by atomic mass is 19.1. The first kappa shape index (κ1) is 20.2. The summed E-state index contributed by atoms with van der Waals surface area (Å²) in [7, 11) is 4.04. The molecule has 4 rings (SSSR count). The zero-order chi connectivity index (χ0) is 21.3. The molecule has 158 valence electrons. The number of carbonyl (C=O) groups is 1. The first-order valence-electron chi connectivity index (χ1n) is 9.81. The molecule has 30 heavy (non-hydrogen) atoms. The minimum atomic E-state index is -1.08. The number of aromatic carboxylic acids is 1. The molecule has 3 heterocycles. The van der Waals surface area contributed by atoms with E-state index in [9.17, 15) is 14.3 Å². The fraction of sp³-hybridized carbons (Fsp3) is 0.381. The molecular formula is C21H24FN5O3. The van der Waals surface area contributed by atoms with Crippen molar-refractivity contribution < 1.29 is 19.0 Å². The van der Waals surface area contributed by atoms with Crippen molar-refractivity contribution in [2.24, 2.45) is 0 Å². The van der Waals surface area contributed by atoms with Gasteiger partial charge in [-0.2, -0.15) is 5.10 Å². The summed E-state index contributed by atoms with van der Waals surface area (Å²) < 4.78 is 21.9. The average Bonchev–Trinajstić information content (AvgIpc) is 3.26. The standard InChI is InChI=1S/C21H24FN5O3/c1-26(2)11-14-4-5-15(30-14)12-27-19-6-3-13(22)9-17(19)20(25-27)24-18-10-23-8-7-16(18)21(28)29/h3,6-10,14-15H,4-5,11-12H2,1-2H3,(H,24,25)(H,28,29). The van der Waals surface area contributed by atoms with Crippen molar-refractivity contribution >= 4 is 28.4 Å². The van der Waals surface area contributed by atoms with Gasteiger partial charge in [0.05, 0.1) is 41.7 Å². The van der Waals surface area contributed by atoms with E-state index in [1.807, 2.05) is 14.1 Å². The van der Waals surface area contributed by atoms with Crippen molar-refractivity contribution in [2.75, 3.05) is 26.0 Å². The van der Waals surface area contributed by atoms with E-state index in [0.29, 0.717) is 23.4 Å². The number of nitrogens with one attached hydrogen (secondary N) is 1. The van der Waals surface area contributed by atoms with E-state index >= 15 is 0 Å². The van der Waals surface area contributed by atoms with Crippen LogP contribution in [0.25, 0.3) is 10.9 Å². The normalized spacial score (nSPS) is 18.9. The molecule has 0 amide bonds. The molecular weight excluding hydrogens is 389 g/mol. The van der Waals surface area contributed by atoms with Crippen LogP contribution in [0.2, 0.25) is 0 Å². The molecule has 0 aliphatic carbocycles. The van der Waals surface area contributed by atoms with Gasteiger partial charge in [-0.1, -0.05) is 0 Å². The number of anilines is 2. The average molecular weight is 413 g/mol. The van der Waals surface area contributed by atoms with Crippen LogP contribution in [-0.4, -0.2) is 63.6 Å². The number of hydrogen-bond donors (Lipinski definition) is 2. The van der Waals surface area contributed by atoms with Gasteiger partial charge < -0.3 is 20.1 Å². The molecule has 9 heteroatoms. The van der Waals surface area contributed by atoms with E-state index in [1.165, 1.54) is 30.6 Å². The van der Waals surface area contributed by atoms with Crippen LogP contribution in [-0.2, 0) is 11.3 Å². The third kappa shape index (κ3) is 4.27. The second-order valence-corrected chi connectivity index (χ2v) is 7.76. The zero-order valence-corrected chi connectivity index (χ0v) is 16.9. The lowest BCUT2D eigenvalue weighted by Crippen LogP contribution is -2.27. The minimum absolute atomic E-state index is 0.0175. The van der Waals surface area contributed by atoms with Crippen molar-refractivity contribution in [1.29, 1.82) is 0 Å². The van der Waals surface area contributed by atoms with Gasteiger partial charge in [0.25, 0.3) is 0 Å². The fourth-order valence-electron chi connectivity index (χ4n) is 3.84. The van der Waals surface area contributed by atoms with Crippen LogP contribution in [0.5, 0.6) is 0 Å². The number of ether oxygens (including phenoxy) is 1. The number of aromatic nitrogens is 3. The predicted molar refractivity (Wildman–Crippen MR) is 111 cm³/mol. The van der Waals surface area contributed by atoms with E-state index in [2.05, 4.69) is 20.3 Å². The molecule has 3 aromatic rings. The van der Waals surface area contributed by atoms with Gasteiger partial charge in [0.1, 0.15) is 5.82 Å². The molecule has 2 aromatic heterocycles. The van der Waals surface area contributed by atoms with Crippen LogP contribution < -0.4 is 5.32 Å². The molecule has 1 saturated heterocycles. The van der Waals surface area contributed by atoms with Crippen LogP contribution in [0.15, 0.2) is 36.7 Å². The van der Waals surface area contributed by atoms with Gasteiger partial charge in [-0.15, -0.1) is 0 Å². The number of carboxylic acids is 1. The molecule has 1 aliphatic rings. The lowest BCUT2D eigenvalue weighted by atomic mass is 10.2. The summed E-state index contributed by atoms with van der Waals surface area (Å²) in [6, 6.07) is 5.86. The highest BCUT2D eigenvalue weighted by Gasteiger charge is 2.27. The van der Waals surface area contributed by atoms with E-state index in [-0.39, 0.29) is 17.8 Å². The highest BCUT2D eigenvalue weighted by molar-refractivity contribution is 5.97. The fourth-order valence-corrected chi connectivity index (χ4v) is 3.84. The first-order chi connectivity index (χ1) is 14.4. The lowest BCUT2D eigenvalue weighted by Gasteiger charge is -2.17. The molecule has 2 N–H and O–H groups in total. The molecule has 2 unspecified atom stereocenters. The van der Waals surface area contributed by atoms with Crippen molar-refractivity contribution in [3.05, 3.63) is 48.0 Å². The number of benzene rings is 1. The number of rotatable bonds is 7. The number of hydrogen-bond acceptors (Lipinski definition) is 6. The number of likely N-dealkylation sites (N-methyl/N-ethyl adjacent to an activating group) is 1. The maximum Gasteiger partial charge on any atom is 0.337 e. The van der Waals surface area contributed by atoms with Crippen molar-refractivity contribution in [3.63, 3.8) is 0 Å². The molecule has 8 nitrogen and oxygen atoms in total. The number of nitrogens with zero attached hydrogens (tertiary/aromatic N) is 4. The summed E-state index contributed by atoms with van der Waals surface area (Å²) in [5.41, 5.74) is 1.11. The van der Waals surface area contributed by atoms with Gasteiger partial charge in [0, 0.05) is 18.1 Å². The van der Waals surface area contributed by atoms with Gasteiger partial charge in [-0.3, -0.25) is 9.67 Å². The smallest absolute Gasteiger partial charge is 0.337 e. The number of carboxylic acid groups (broad SMARTS) is 1. The quantitative estimate of drug-likeness (QED) is 0.615. The Morgan fingerprint density at radius 2 is 2.13 bits per heavy atom. The monoisotopic (exact) mass is 413 g/mol.